The number of carbonyl (C=O) groups excluding carboxylic acids is 2. The summed E-state index contributed by atoms with van der Waals surface area (Å²) in [6.07, 6.45) is 2.54. The summed E-state index contributed by atoms with van der Waals surface area (Å²) in [5, 5.41) is 3.12. The Balaban J connectivity index is 1.44. The Morgan fingerprint density at radius 3 is 2.46 bits per heavy atom. The van der Waals surface area contributed by atoms with E-state index in [-0.39, 0.29) is 29.8 Å². The summed E-state index contributed by atoms with van der Waals surface area (Å²) in [5.41, 5.74) is 1.33. The largest absolute Gasteiger partial charge is 0.469 e. The maximum atomic E-state index is 12.2. The number of piperidine rings is 1. The zero-order chi connectivity index (χ0) is 17.1. The van der Waals surface area contributed by atoms with Gasteiger partial charge in [-0.05, 0) is 31.7 Å². The third kappa shape index (κ3) is 3.78. The number of likely N-dealkylation sites (tertiary alicyclic amines) is 1. The fourth-order valence-electron chi connectivity index (χ4n) is 3.58. The highest BCUT2D eigenvalue weighted by molar-refractivity contribution is 5.90. The molecule has 0 spiro atoms. The van der Waals surface area contributed by atoms with Gasteiger partial charge in [-0.15, -0.1) is 0 Å². The van der Waals surface area contributed by atoms with Crippen LogP contribution in [0.5, 0.6) is 0 Å². The Morgan fingerprint density at radius 2 is 1.83 bits per heavy atom. The molecule has 1 aliphatic carbocycles. The molecule has 5 heteroatoms. The van der Waals surface area contributed by atoms with Crippen LogP contribution in [0.15, 0.2) is 30.3 Å². The molecule has 1 saturated heterocycles. The van der Waals surface area contributed by atoms with Crippen LogP contribution in [-0.2, 0) is 14.3 Å². The first-order valence-corrected chi connectivity index (χ1v) is 8.77. The van der Waals surface area contributed by atoms with Crippen LogP contribution in [-0.4, -0.2) is 43.0 Å². The van der Waals surface area contributed by atoms with E-state index < -0.39 is 0 Å². The van der Waals surface area contributed by atoms with Gasteiger partial charge in [0.1, 0.15) is 0 Å². The number of nitrogens with zero attached hydrogens (tertiary/aromatic N) is 1. The average molecular weight is 330 g/mol. The Morgan fingerprint density at radius 1 is 1.17 bits per heavy atom. The van der Waals surface area contributed by atoms with Crippen LogP contribution >= 0.6 is 0 Å². The van der Waals surface area contributed by atoms with Crippen molar-refractivity contribution in [3.8, 4) is 0 Å². The normalized spacial score (nSPS) is 25.8. The summed E-state index contributed by atoms with van der Waals surface area (Å²) in [4.78, 5) is 26.1. The third-order valence-electron chi connectivity index (χ3n) is 5.34. The molecule has 1 heterocycles. The van der Waals surface area contributed by atoms with Gasteiger partial charge in [-0.2, -0.15) is 0 Å². The first-order chi connectivity index (χ1) is 11.6. The molecule has 0 radical (unpaired) electrons. The fourth-order valence-corrected chi connectivity index (χ4v) is 3.58. The van der Waals surface area contributed by atoms with Gasteiger partial charge in [-0.3, -0.25) is 14.5 Å². The number of nitrogens with one attached hydrogen (secondary N) is 1. The molecule has 0 bridgehead atoms. The van der Waals surface area contributed by atoms with Crippen LogP contribution < -0.4 is 5.32 Å². The highest BCUT2D eigenvalue weighted by Gasteiger charge is 2.49. The first-order valence-electron chi connectivity index (χ1n) is 8.77. The monoisotopic (exact) mass is 330 g/mol. The lowest BCUT2D eigenvalue weighted by Gasteiger charge is -2.36. The van der Waals surface area contributed by atoms with Gasteiger partial charge in [0.2, 0.25) is 5.91 Å². The van der Waals surface area contributed by atoms with Crippen molar-refractivity contribution in [3.63, 3.8) is 0 Å². The van der Waals surface area contributed by atoms with Gasteiger partial charge in [-0.25, -0.2) is 0 Å². The summed E-state index contributed by atoms with van der Waals surface area (Å²) in [6.45, 7) is 4.19. The van der Waals surface area contributed by atoms with Crippen LogP contribution in [0.1, 0.15) is 37.8 Å². The van der Waals surface area contributed by atoms with E-state index in [1.165, 1.54) is 12.7 Å². The minimum Gasteiger partial charge on any atom is -0.469 e. The second kappa shape index (κ2) is 7.34. The molecule has 130 valence electrons. The number of methoxy groups -OCH3 is 1. The fraction of sp³-hybridized carbons (Fsp3) is 0.579. The lowest BCUT2D eigenvalue weighted by Crippen LogP contribution is -2.45. The predicted molar refractivity (Wildman–Crippen MR) is 91.2 cm³/mol. The summed E-state index contributed by atoms with van der Waals surface area (Å²) in [5.74, 6) is -0.659. The van der Waals surface area contributed by atoms with E-state index in [2.05, 4.69) is 41.4 Å². The van der Waals surface area contributed by atoms with E-state index in [1.54, 1.807) is 0 Å². The first kappa shape index (κ1) is 17.0. The molecule has 1 amide bonds. The van der Waals surface area contributed by atoms with Crippen LogP contribution in [0.3, 0.4) is 0 Å². The number of carbonyl (C=O) groups is 2. The Hall–Kier alpha value is -1.88. The molecular weight excluding hydrogens is 304 g/mol. The van der Waals surface area contributed by atoms with E-state index in [0.717, 1.165) is 25.9 Å². The van der Waals surface area contributed by atoms with Crippen molar-refractivity contribution in [2.75, 3.05) is 20.2 Å². The smallest absolute Gasteiger partial charge is 0.309 e. The molecule has 2 fully saturated rings. The Labute approximate surface area is 143 Å². The van der Waals surface area contributed by atoms with Crippen molar-refractivity contribution < 1.29 is 14.3 Å². The lowest BCUT2D eigenvalue weighted by molar-refractivity contribution is -0.143. The van der Waals surface area contributed by atoms with Crippen molar-refractivity contribution in [3.05, 3.63) is 35.9 Å². The molecular formula is C19H26N2O3. The average Bonchev–Trinajstić information content (AvgIpc) is 3.43. The van der Waals surface area contributed by atoms with Crippen molar-refractivity contribution in [2.45, 2.75) is 38.3 Å². The van der Waals surface area contributed by atoms with Gasteiger partial charge in [0, 0.05) is 25.2 Å². The number of ether oxygens (including phenoxy) is 1. The number of amides is 1. The number of rotatable bonds is 5. The minimum absolute atomic E-state index is 0.0138. The van der Waals surface area contributed by atoms with Crippen molar-refractivity contribution in [2.24, 2.45) is 11.8 Å². The summed E-state index contributed by atoms with van der Waals surface area (Å²) >= 11 is 0. The van der Waals surface area contributed by atoms with E-state index in [1.807, 2.05) is 6.07 Å². The van der Waals surface area contributed by atoms with Gasteiger partial charge >= 0.3 is 5.97 Å². The summed E-state index contributed by atoms with van der Waals surface area (Å²) in [6, 6.07) is 11.1. The van der Waals surface area contributed by atoms with Crippen molar-refractivity contribution in [1.82, 2.24) is 10.2 Å². The minimum atomic E-state index is -0.262. The molecule has 24 heavy (non-hydrogen) atoms. The van der Waals surface area contributed by atoms with Gasteiger partial charge in [-0.1, -0.05) is 30.3 Å². The van der Waals surface area contributed by atoms with E-state index >= 15 is 0 Å². The molecule has 1 aliphatic heterocycles. The number of hydrogen-bond donors (Lipinski definition) is 1. The standard InChI is InChI=1S/C19H26N2O3/c1-13(14-6-4-3-5-7-14)21-10-8-15(9-11-21)20-18(22)16-12-17(16)19(23)24-2/h3-7,13,15-17H,8-12H2,1-2H3,(H,20,22)/t13-,16-,17+/m1/s1. The van der Waals surface area contributed by atoms with Gasteiger partial charge in [0.05, 0.1) is 18.9 Å². The molecule has 2 aliphatic rings. The van der Waals surface area contributed by atoms with Gasteiger partial charge in [0.15, 0.2) is 0 Å². The van der Waals surface area contributed by atoms with Crippen molar-refractivity contribution >= 4 is 11.9 Å². The topological polar surface area (TPSA) is 58.6 Å². The molecule has 1 aromatic rings. The number of benzene rings is 1. The maximum absolute atomic E-state index is 12.2. The molecule has 1 saturated carbocycles. The highest BCUT2D eigenvalue weighted by Crippen LogP contribution is 2.39. The summed E-state index contributed by atoms with van der Waals surface area (Å²) in [7, 11) is 1.37. The Bertz CT molecular complexity index is 582. The molecule has 0 aromatic heterocycles. The molecule has 5 nitrogen and oxygen atoms in total. The summed E-state index contributed by atoms with van der Waals surface area (Å²) < 4.78 is 4.70. The zero-order valence-electron chi connectivity index (χ0n) is 14.4. The Kier molecular flexibility index (Phi) is 5.19. The highest BCUT2D eigenvalue weighted by atomic mass is 16.5. The van der Waals surface area contributed by atoms with Gasteiger partial charge < -0.3 is 10.1 Å². The third-order valence-corrected chi connectivity index (χ3v) is 5.34. The maximum Gasteiger partial charge on any atom is 0.309 e. The number of esters is 1. The van der Waals surface area contributed by atoms with E-state index in [9.17, 15) is 9.59 Å². The molecule has 3 atom stereocenters. The van der Waals surface area contributed by atoms with E-state index in [0.29, 0.717) is 12.5 Å². The molecule has 3 rings (SSSR count). The number of hydrogen-bond acceptors (Lipinski definition) is 4. The van der Waals surface area contributed by atoms with Gasteiger partial charge in [0.25, 0.3) is 0 Å². The van der Waals surface area contributed by atoms with E-state index in [4.69, 9.17) is 4.74 Å². The molecule has 1 N–H and O–H groups in total. The molecule has 1 aromatic carbocycles. The van der Waals surface area contributed by atoms with Crippen LogP contribution in [0, 0.1) is 11.8 Å². The van der Waals surface area contributed by atoms with Crippen molar-refractivity contribution in [1.29, 1.82) is 0 Å². The quantitative estimate of drug-likeness (QED) is 0.841. The van der Waals surface area contributed by atoms with Crippen LogP contribution in [0.25, 0.3) is 0 Å². The van der Waals surface area contributed by atoms with Crippen LogP contribution in [0.4, 0.5) is 0 Å². The second-order valence-electron chi connectivity index (χ2n) is 6.88. The SMILES string of the molecule is COC(=O)[C@H]1C[C@H]1C(=O)NC1CCN([C@H](C)c2ccccc2)CC1. The zero-order valence-corrected chi connectivity index (χ0v) is 14.4. The second-order valence-corrected chi connectivity index (χ2v) is 6.88. The predicted octanol–water partition coefficient (Wildman–Crippen LogP) is 2.14. The van der Waals surface area contributed by atoms with Crippen LogP contribution in [0.2, 0.25) is 0 Å². The molecule has 0 unspecified atom stereocenters. The lowest BCUT2D eigenvalue weighted by atomic mass is 10.00.